The van der Waals surface area contributed by atoms with Gasteiger partial charge < -0.3 is 10.7 Å². The van der Waals surface area contributed by atoms with Crippen LogP contribution in [0.25, 0.3) is 0 Å². The minimum Gasteiger partial charge on any atom is -0.332 e. The van der Waals surface area contributed by atoms with Gasteiger partial charge in [0, 0.05) is 5.69 Å². The Kier molecular flexibility index (Phi) is 4.40. The fourth-order valence-electron chi connectivity index (χ4n) is 0.795. The van der Waals surface area contributed by atoms with Gasteiger partial charge in [0.25, 0.3) is 0 Å². The van der Waals surface area contributed by atoms with Gasteiger partial charge in [0.2, 0.25) is 0 Å². The van der Waals surface area contributed by atoms with Crippen LogP contribution in [0.1, 0.15) is 0 Å². The highest BCUT2D eigenvalue weighted by Gasteiger charge is 2.05. The number of hydrogen-bond donors (Lipinski definition) is 3. The predicted octanol–water partition coefficient (Wildman–Crippen LogP) is 2.92. The molecular weight excluding hydrogens is 309 g/mol. The maximum Gasteiger partial charge on any atom is 0.185 e. The minimum absolute atomic E-state index is 0.291. The average molecular weight is 315 g/mol. The fraction of sp³-hybridized carbons (Fsp3) is 0. The number of benzene rings is 1. The summed E-state index contributed by atoms with van der Waals surface area (Å²) in [7, 11) is 0. The van der Waals surface area contributed by atoms with Crippen LogP contribution in [-0.2, 0) is 0 Å². The van der Waals surface area contributed by atoms with Crippen LogP contribution in [0, 0.1) is 0 Å². The zero-order chi connectivity index (χ0) is 10.7. The van der Waals surface area contributed by atoms with Crippen molar-refractivity contribution in [3.05, 3.63) is 26.7 Å². The molecule has 0 aliphatic heterocycles. The van der Waals surface area contributed by atoms with Gasteiger partial charge >= 0.3 is 0 Å². The molecule has 14 heavy (non-hydrogen) atoms. The van der Waals surface area contributed by atoms with Crippen molar-refractivity contribution in [1.29, 1.82) is 0 Å². The van der Waals surface area contributed by atoms with E-state index in [0.29, 0.717) is 25.3 Å². The van der Waals surface area contributed by atoms with Gasteiger partial charge in [0.05, 0.1) is 14.5 Å². The summed E-state index contributed by atoms with van der Waals surface area (Å²) in [4.78, 5) is 0. The molecule has 7 heteroatoms. The number of hydrazine groups is 1. The molecule has 0 atom stereocenters. The van der Waals surface area contributed by atoms with Gasteiger partial charge in [-0.2, -0.15) is 0 Å². The molecular formula is C7H6BrCl2N3S. The lowest BCUT2D eigenvalue weighted by Gasteiger charge is -2.08. The Hall–Kier alpha value is -0.0700. The third-order valence-corrected chi connectivity index (χ3v) is 3.50. The van der Waals surface area contributed by atoms with E-state index in [-0.39, 0.29) is 0 Å². The van der Waals surface area contributed by atoms with Crippen LogP contribution in [-0.4, -0.2) is 5.11 Å². The van der Waals surface area contributed by atoms with E-state index in [1.54, 1.807) is 12.1 Å². The van der Waals surface area contributed by atoms with Crippen LogP contribution in [0.3, 0.4) is 0 Å². The van der Waals surface area contributed by atoms with Crippen molar-refractivity contribution in [1.82, 2.24) is 5.43 Å². The molecule has 0 radical (unpaired) electrons. The Morgan fingerprint density at radius 2 is 1.86 bits per heavy atom. The topological polar surface area (TPSA) is 50.1 Å². The Morgan fingerprint density at radius 1 is 1.36 bits per heavy atom. The van der Waals surface area contributed by atoms with Crippen molar-refractivity contribution in [2.45, 2.75) is 0 Å². The normalized spacial score (nSPS) is 9.71. The summed E-state index contributed by atoms with van der Waals surface area (Å²) in [5, 5.41) is 4.10. The molecule has 0 aliphatic carbocycles. The first-order valence-corrected chi connectivity index (χ1v) is 5.42. The molecule has 3 nitrogen and oxygen atoms in total. The Morgan fingerprint density at radius 3 is 2.29 bits per heavy atom. The van der Waals surface area contributed by atoms with Gasteiger partial charge in [0.1, 0.15) is 0 Å². The van der Waals surface area contributed by atoms with Gasteiger partial charge in [-0.25, -0.2) is 5.84 Å². The summed E-state index contributed by atoms with van der Waals surface area (Å²) >= 11 is 19.8. The standard InChI is InChI=1S/C7H6BrCl2N3S/c8-6-4(9)1-3(2-5(6)10)12-7(14)13-11/h1-2H,11H2,(H2,12,13,14). The molecule has 0 saturated heterocycles. The molecule has 76 valence electrons. The molecule has 1 aromatic carbocycles. The van der Waals surface area contributed by atoms with E-state index in [1.165, 1.54) is 0 Å². The highest BCUT2D eigenvalue weighted by Crippen LogP contribution is 2.33. The highest BCUT2D eigenvalue weighted by molar-refractivity contribution is 9.10. The summed E-state index contributed by atoms with van der Waals surface area (Å²) in [6.07, 6.45) is 0. The summed E-state index contributed by atoms with van der Waals surface area (Å²) in [5.74, 6) is 5.10. The Labute approximate surface area is 105 Å². The fourth-order valence-corrected chi connectivity index (χ4v) is 1.63. The molecule has 0 spiro atoms. The molecule has 0 fully saturated rings. The second-order valence-electron chi connectivity index (χ2n) is 2.35. The van der Waals surface area contributed by atoms with Crippen LogP contribution in [0.15, 0.2) is 16.6 Å². The maximum absolute atomic E-state index is 5.88. The third kappa shape index (κ3) is 2.96. The molecule has 1 rings (SSSR count). The molecule has 4 N–H and O–H groups in total. The van der Waals surface area contributed by atoms with Crippen molar-refractivity contribution in [3.8, 4) is 0 Å². The number of thiocarbonyl (C=S) groups is 1. The lowest BCUT2D eigenvalue weighted by atomic mass is 10.3. The van der Waals surface area contributed by atoms with E-state index in [0.717, 1.165) is 0 Å². The SMILES string of the molecule is NNC(=S)Nc1cc(Cl)c(Br)c(Cl)c1. The summed E-state index contributed by atoms with van der Waals surface area (Å²) in [5.41, 5.74) is 2.96. The van der Waals surface area contributed by atoms with E-state index < -0.39 is 0 Å². The number of hydrogen-bond acceptors (Lipinski definition) is 2. The summed E-state index contributed by atoms with van der Waals surface area (Å²) in [6.45, 7) is 0. The van der Waals surface area contributed by atoms with Crippen molar-refractivity contribution in [3.63, 3.8) is 0 Å². The second kappa shape index (κ2) is 5.14. The molecule has 0 bridgehead atoms. The number of halogens is 3. The van der Waals surface area contributed by atoms with Gasteiger partial charge in [-0.1, -0.05) is 23.2 Å². The quantitative estimate of drug-likeness (QED) is 0.323. The highest BCUT2D eigenvalue weighted by atomic mass is 79.9. The van der Waals surface area contributed by atoms with Crippen molar-refractivity contribution in [2.24, 2.45) is 5.84 Å². The molecule has 0 aliphatic rings. The van der Waals surface area contributed by atoms with E-state index >= 15 is 0 Å². The zero-order valence-corrected chi connectivity index (χ0v) is 10.7. The van der Waals surface area contributed by atoms with Gasteiger partial charge in [-0.15, -0.1) is 0 Å². The van der Waals surface area contributed by atoms with Crippen LogP contribution in [0.5, 0.6) is 0 Å². The average Bonchev–Trinajstić information content (AvgIpc) is 2.14. The summed E-state index contributed by atoms with van der Waals surface area (Å²) in [6, 6.07) is 3.36. The zero-order valence-electron chi connectivity index (χ0n) is 6.77. The summed E-state index contributed by atoms with van der Waals surface area (Å²) < 4.78 is 0.651. The van der Waals surface area contributed by atoms with Crippen LogP contribution >= 0.6 is 51.3 Å². The van der Waals surface area contributed by atoms with Gasteiger partial charge in [0.15, 0.2) is 5.11 Å². The maximum atomic E-state index is 5.88. The molecule has 0 aromatic heterocycles. The van der Waals surface area contributed by atoms with Crippen molar-refractivity contribution >= 4 is 62.1 Å². The second-order valence-corrected chi connectivity index (χ2v) is 4.37. The Bertz CT molecular complexity index is 349. The largest absolute Gasteiger partial charge is 0.332 e. The first kappa shape index (κ1) is 12.0. The molecule has 0 saturated carbocycles. The predicted molar refractivity (Wildman–Crippen MR) is 67.7 cm³/mol. The van der Waals surface area contributed by atoms with Crippen LogP contribution in [0.4, 0.5) is 5.69 Å². The van der Waals surface area contributed by atoms with E-state index in [2.05, 4.69) is 26.7 Å². The van der Waals surface area contributed by atoms with Gasteiger partial charge in [-0.3, -0.25) is 0 Å². The lowest BCUT2D eigenvalue weighted by Crippen LogP contribution is -2.34. The smallest absolute Gasteiger partial charge is 0.185 e. The number of rotatable bonds is 1. The Balaban J connectivity index is 2.95. The minimum atomic E-state index is 0.291. The van der Waals surface area contributed by atoms with Crippen LogP contribution < -0.4 is 16.6 Å². The van der Waals surface area contributed by atoms with E-state index in [9.17, 15) is 0 Å². The number of nitrogens with two attached hydrogens (primary N) is 1. The van der Waals surface area contributed by atoms with Crippen molar-refractivity contribution in [2.75, 3.05) is 5.32 Å². The molecule has 0 unspecified atom stereocenters. The van der Waals surface area contributed by atoms with E-state index in [1.807, 2.05) is 0 Å². The van der Waals surface area contributed by atoms with Crippen molar-refractivity contribution < 1.29 is 0 Å². The molecule has 1 aromatic rings. The number of nitrogens with one attached hydrogen (secondary N) is 2. The van der Waals surface area contributed by atoms with Gasteiger partial charge in [-0.05, 0) is 40.3 Å². The molecule has 0 heterocycles. The van der Waals surface area contributed by atoms with Crippen LogP contribution in [0.2, 0.25) is 10.0 Å². The first-order chi connectivity index (χ1) is 6.54. The molecule has 0 amide bonds. The lowest BCUT2D eigenvalue weighted by molar-refractivity contribution is 1.04. The third-order valence-electron chi connectivity index (χ3n) is 1.37. The first-order valence-electron chi connectivity index (χ1n) is 3.46. The monoisotopic (exact) mass is 313 g/mol. The number of anilines is 1. The van der Waals surface area contributed by atoms with E-state index in [4.69, 9.17) is 41.3 Å².